The summed E-state index contributed by atoms with van der Waals surface area (Å²) >= 11 is 0. The van der Waals surface area contributed by atoms with Crippen LogP contribution in [0.25, 0.3) is 0 Å². The van der Waals surface area contributed by atoms with Gasteiger partial charge < -0.3 is 11.1 Å². The zero-order chi connectivity index (χ0) is 14.4. The molecule has 3 N–H and O–H groups in total. The number of carbonyl (C=O) groups excluding carboxylic acids is 1. The third-order valence-electron chi connectivity index (χ3n) is 2.94. The highest BCUT2D eigenvalue weighted by Crippen LogP contribution is 2.20. The third-order valence-corrected chi connectivity index (χ3v) is 2.94. The molecule has 6 nitrogen and oxygen atoms in total. The van der Waals surface area contributed by atoms with Gasteiger partial charge in [-0.3, -0.25) is 14.9 Å². The maximum atomic E-state index is 11.9. The van der Waals surface area contributed by atoms with E-state index in [0.717, 1.165) is 0 Å². The molecule has 1 atom stereocenters. The van der Waals surface area contributed by atoms with Gasteiger partial charge in [0.05, 0.1) is 4.92 Å². The first-order valence-corrected chi connectivity index (χ1v) is 6.25. The largest absolute Gasteiger partial charge is 0.352 e. The Morgan fingerprint density at radius 1 is 1.50 bits per heavy atom. The molecule has 1 unspecified atom stereocenters. The van der Waals surface area contributed by atoms with Crippen molar-refractivity contribution in [2.45, 2.75) is 20.3 Å². The van der Waals surface area contributed by atoms with Crippen molar-refractivity contribution in [3.8, 4) is 0 Å². The summed E-state index contributed by atoms with van der Waals surface area (Å²) in [6, 6.07) is 4.55. The number of benzene rings is 1. The van der Waals surface area contributed by atoms with Crippen LogP contribution in [0.3, 0.4) is 0 Å². The quantitative estimate of drug-likeness (QED) is 0.619. The van der Waals surface area contributed by atoms with Gasteiger partial charge in [-0.25, -0.2) is 0 Å². The van der Waals surface area contributed by atoms with Crippen LogP contribution in [0.2, 0.25) is 0 Å². The lowest BCUT2D eigenvalue weighted by Gasteiger charge is -2.10. The molecule has 1 rings (SSSR count). The summed E-state index contributed by atoms with van der Waals surface area (Å²) in [5.41, 5.74) is 6.37. The normalized spacial score (nSPS) is 11.3. The minimum atomic E-state index is -0.460. The lowest BCUT2D eigenvalue weighted by Crippen LogP contribution is -2.31. The van der Waals surface area contributed by atoms with Crippen LogP contribution in [0.15, 0.2) is 18.2 Å². The summed E-state index contributed by atoms with van der Waals surface area (Å²) in [7, 11) is 0. The van der Waals surface area contributed by atoms with E-state index in [0.29, 0.717) is 30.6 Å². The van der Waals surface area contributed by atoms with E-state index in [1.165, 1.54) is 6.07 Å². The lowest BCUT2D eigenvalue weighted by atomic mass is 10.1. The standard InChI is InChI=1S/C13H19N3O3.ClH/c1-3-10-4-5-11(6-12(10)16(18)19)13(17)15-8-9(2)7-14;/h4-6,9H,3,7-8,14H2,1-2H3,(H,15,17);1H. The fourth-order valence-electron chi connectivity index (χ4n) is 1.63. The van der Waals surface area contributed by atoms with E-state index in [4.69, 9.17) is 5.73 Å². The van der Waals surface area contributed by atoms with Crippen molar-refractivity contribution in [1.82, 2.24) is 5.32 Å². The van der Waals surface area contributed by atoms with Crippen LogP contribution < -0.4 is 11.1 Å². The summed E-state index contributed by atoms with van der Waals surface area (Å²) in [6.45, 7) is 4.70. The van der Waals surface area contributed by atoms with Gasteiger partial charge in [-0.05, 0) is 24.9 Å². The van der Waals surface area contributed by atoms with Gasteiger partial charge in [-0.15, -0.1) is 12.4 Å². The van der Waals surface area contributed by atoms with Crippen molar-refractivity contribution >= 4 is 24.0 Å². The Morgan fingerprint density at radius 3 is 2.65 bits per heavy atom. The monoisotopic (exact) mass is 301 g/mol. The van der Waals surface area contributed by atoms with Crippen molar-refractivity contribution in [2.24, 2.45) is 11.7 Å². The summed E-state index contributed by atoms with van der Waals surface area (Å²) in [5.74, 6) is -0.139. The number of nitrogens with zero attached hydrogens (tertiary/aromatic N) is 1. The number of nitrogens with two attached hydrogens (primary N) is 1. The predicted molar refractivity (Wildman–Crippen MR) is 80.3 cm³/mol. The zero-order valence-electron chi connectivity index (χ0n) is 11.6. The first-order chi connectivity index (χ1) is 8.99. The van der Waals surface area contributed by atoms with E-state index < -0.39 is 4.92 Å². The van der Waals surface area contributed by atoms with Crippen LogP contribution in [0, 0.1) is 16.0 Å². The summed E-state index contributed by atoms with van der Waals surface area (Å²) < 4.78 is 0. The van der Waals surface area contributed by atoms with Crippen molar-refractivity contribution in [1.29, 1.82) is 0 Å². The summed E-state index contributed by atoms with van der Waals surface area (Å²) in [5, 5.41) is 13.6. The van der Waals surface area contributed by atoms with Gasteiger partial charge in [0.15, 0.2) is 0 Å². The SMILES string of the molecule is CCc1ccc(C(=O)NCC(C)CN)cc1[N+](=O)[O-].Cl. The number of nitro benzene ring substituents is 1. The fraction of sp³-hybridized carbons (Fsp3) is 0.462. The molecule has 0 radical (unpaired) electrons. The molecule has 0 saturated heterocycles. The smallest absolute Gasteiger partial charge is 0.273 e. The Hall–Kier alpha value is -1.66. The Bertz CT molecular complexity index is 480. The number of nitrogens with one attached hydrogen (secondary N) is 1. The molecule has 0 aliphatic rings. The van der Waals surface area contributed by atoms with Gasteiger partial charge in [0.1, 0.15) is 0 Å². The third kappa shape index (κ3) is 4.79. The number of halogens is 1. The van der Waals surface area contributed by atoms with Gasteiger partial charge in [0, 0.05) is 23.7 Å². The van der Waals surface area contributed by atoms with Crippen LogP contribution in [0.4, 0.5) is 5.69 Å². The summed E-state index contributed by atoms with van der Waals surface area (Å²) in [4.78, 5) is 22.3. The highest BCUT2D eigenvalue weighted by molar-refractivity contribution is 5.95. The zero-order valence-corrected chi connectivity index (χ0v) is 12.4. The number of carbonyl (C=O) groups is 1. The molecule has 0 aliphatic heterocycles. The maximum Gasteiger partial charge on any atom is 0.273 e. The summed E-state index contributed by atoms with van der Waals surface area (Å²) in [6.07, 6.45) is 0.558. The number of aryl methyl sites for hydroxylation is 1. The number of amides is 1. The molecule has 0 aromatic heterocycles. The van der Waals surface area contributed by atoms with Crippen molar-refractivity contribution in [3.05, 3.63) is 39.4 Å². The molecular weight excluding hydrogens is 282 g/mol. The lowest BCUT2D eigenvalue weighted by molar-refractivity contribution is -0.385. The first kappa shape index (κ1) is 18.3. The van der Waals surface area contributed by atoms with Crippen molar-refractivity contribution in [2.75, 3.05) is 13.1 Å². The Kier molecular flexibility index (Phi) is 7.79. The van der Waals surface area contributed by atoms with Gasteiger partial charge in [-0.2, -0.15) is 0 Å². The van der Waals surface area contributed by atoms with Crippen molar-refractivity contribution in [3.63, 3.8) is 0 Å². The highest BCUT2D eigenvalue weighted by Gasteiger charge is 2.16. The van der Waals surface area contributed by atoms with Crippen LogP contribution in [-0.4, -0.2) is 23.9 Å². The molecule has 20 heavy (non-hydrogen) atoms. The Morgan fingerprint density at radius 2 is 2.15 bits per heavy atom. The van der Waals surface area contributed by atoms with Crippen LogP contribution in [0.5, 0.6) is 0 Å². The van der Waals surface area contributed by atoms with Gasteiger partial charge in [0.2, 0.25) is 0 Å². The van der Waals surface area contributed by atoms with E-state index in [2.05, 4.69) is 5.32 Å². The molecule has 0 saturated carbocycles. The second-order valence-electron chi connectivity index (χ2n) is 4.51. The molecule has 0 aliphatic carbocycles. The maximum absolute atomic E-state index is 11.9. The van der Waals surface area contributed by atoms with E-state index in [-0.39, 0.29) is 29.9 Å². The van der Waals surface area contributed by atoms with E-state index in [9.17, 15) is 14.9 Å². The van der Waals surface area contributed by atoms with E-state index in [1.807, 2.05) is 13.8 Å². The van der Waals surface area contributed by atoms with E-state index >= 15 is 0 Å². The van der Waals surface area contributed by atoms with Gasteiger partial charge in [0.25, 0.3) is 11.6 Å². The topological polar surface area (TPSA) is 98.3 Å². The average Bonchev–Trinajstić information content (AvgIpc) is 2.43. The molecule has 112 valence electrons. The average molecular weight is 302 g/mol. The highest BCUT2D eigenvalue weighted by atomic mass is 35.5. The van der Waals surface area contributed by atoms with Crippen LogP contribution in [-0.2, 0) is 6.42 Å². The van der Waals surface area contributed by atoms with Crippen molar-refractivity contribution < 1.29 is 9.72 Å². The molecule has 0 spiro atoms. The first-order valence-electron chi connectivity index (χ1n) is 6.25. The second kappa shape index (κ2) is 8.50. The van der Waals surface area contributed by atoms with E-state index in [1.54, 1.807) is 12.1 Å². The molecule has 0 heterocycles. The molecule has 1 aromatic carbocycles. The molecule has 1 amide bonds. The van der Waals surface area contributed by atoms with Gasteiger partial charge in [-0.1, -0.05) is 19.9 Å². The molecular formula is C13H20ClN3O3. The second-order valence-corrected chi connectivity index (χ2v) is 4.51. The number of nitro groups is 1. The van der Waals surface area contributed by atoms with Crippen LogP contribution in [0.1, 0.15) is 29.8 Å². The number of hydrogen-bond donors (Lipinski definition) is 2. The Balaban J connectivity index is 0.00000361. The molecule has 1 aromatic rings. The van der Waals surface area contributed by atoms with Gasteiger partial charge >= 0.3 is 0 Å². The minimum absolute atomic E-state index is 0. The predicted octanol–water partition coefficient (Wildman–Crippen LogP) is 1.90. The molecule has 7 heteroatoms. The number of hydrogen-bond acceptors (Lipinski definition) is 4. The Labute approximate surface area is 124 Å². The number of rotatable bonds is 6. The van der Waals surface area contributed by atoms with Crippen LogP contribution >= 0.6 is 12.4 Å². The fourth-order valence-corrected chi connectivity index (χ4v) is 1.63. The molecule has 0 bridgehead atoms. The molecule has 0 fully saturated rings. The minimum Gasteiger partial charge on any atom is -0.352 e.